The predicted molar refractivity (Wildman–Crippen MR) is 260 cm³/mol. The zero-order valence-electron chi connectivity index (χ0n) is 33.5. The van der Waals surface area contributed by atoms with E-state index in [0.29, 0.717) is 0 Å². The van der Waals surface area contributed by atoms with Crippen LogP contribution in [0.3, 0.4) is 0 Å². The van der Waals surface area contributed by atoms with Gasteiger partial charge in [0.2, 0.25) is 0 Å². The van der Waals surface area contributed by atoms with Crippen LogP contribution in [-0.2, 0) is 0 Å². The molecule has 0 amide bonds. The average Bonchev–Trinajstić information content (AvgIpc) is 3.79. The molecule has 0 bridgehead atoms. The van der Waals surface area contributed by atoms with Crippen molar-refractivity contribution in [3.05, 3.63) is 205 Å². The van der Waals surface area contributed by atoms with Crippen molar-refractivity contribution in [3.8, 4) is 44.5 Å². The van der Waals surface area contributed by atoms with Crippen molar-refractivity contribution in [1.82, 2.24) is 0 Å². The summed E-state index contributed by atoms with van der Waals surface area (Å²) in [4.78, 5) is 0. The Morgan fingerprint density at radius 1 is 0.233 bits per heavy atom. The van der Waals surface area contributed by atoms with Gasteiger partial charge in [0.25, 0.3) is 0 Å². The maximum atomic E-state index is 2.55. The summed E-state index contributed by atoms with van der Waals surface area (Å²) >= 11 is 0. The molecule has 0 aliphatic rings. The van der Waals surface area contributed by atoms with Gasteiger partial charge in [0, 0.05) is 0 Å². The van der Waals surface area contributed by atoms with E-state index in [2.05, 4.69) is 208 Å². The number of hydrogen-bond acceptors (Lipinski definition) is 0. The van der Waals surface area contributed by atoms with Crippen molar-refractivity contribution in [1.29, 1.82) is 0 Å². The first kappa shape index (κ1) is 33.4. The molecule has 0 saturated heterocycles. The minimum atomic E-state index is 1.24. The molecule has 0 spiro atoms. The minimum Gasteiger partial charge on any atom is -0.0622 e. The van der Waals surface area contributed by atoms with Gasteiger partial charge in [-0.05, 0) is 174 Å². The van der Waals surface area contributed by atoms with Gasteiger partial charge in [-0.1, -0.05) is 176 Å². The molecule has 0 saturated carbocycles. The van der Waals surface area contributed by atoms with E-state index >= 15 is 0 Å². The van der Waals surface area contributed by atoms with Gasteiger partial charge < -0.3 is 0 Å². The molecule has 0 heteroatoms. The number of rotatable bonds is 4. The van der Waals surface area contributed by atoms with Crippen LogP contribution < -0.4 is 0 Å². The number of hydrogen-bond donors (Lipinski definition) is 0. The van der Waals surface area contributed by atoms with Gasteiger partial charge in [-0.15, -0.1) is 0 Å². The molecule has 0 atom stereocenters. The quantitative estimate of drug-likeness (QED) is 0.157. The SMILES string of the molecule is Cc1cccc(C)c1-c1ccc2c3c(-c4ccccc4)c4cc5c6ccc(-c7ccccc7)cc6c6cccc(c4c(-c4ccccc4)c3c3cc4ccccc4c1c23)c65. The third-order valence-electron chi connectivity index (χ3n) is 13.6. The third-order valence-corrected chi connectivity index (χ3v) is 13.6. The summed E-state index contributed by atoms with van der Waals surface area (Å²) in [5, 5.41) is 21.1. The standard InChI is InChI=1S/C60H38/c1-35-16-14-17-36(2)52(35)46-30-31-47-58-50(33-41-24-12-13-25-42(41)56(46)58)60-54(39-22-10-5-11-23-39)57-45-27-15-26-44-48-32-40(37-18-6-3-7-19-37)28-29-43(48)49(55(44)45)34-51(57)53(59(47)60)38-20-8-4-9-21-38/h3-34H,1-2H3. The molecule has 13 rings (SSSR count). The van der Waals surface area contributed by atoms with Crippen molar-refractivity contribution in [2.75, 3.05) is 0 Å². The van der Waals surface area contributed by atoms with Crippen LogP contribution in [0.25, 0.3) is 131 Å². The maximum absolute atomic E-state index is 2.55. The molecule has 13 aromatic carbocycles. The van der Waals surface area contributed by atoms with Crippen molar-refractivity contribution in [3.63, 3.8) is 0 Å². The molecule has 0 nitrogen and oxygen atoms in total. The third kappa shape index (κ3) is 4.51. The van der Waals surface area contributed by atoms with Gasteiger partial charge in [0.15, 0.2) is 0 Å². The fraction of sp³-hybridized carbons (Fsp3) is 0.0333. The Morgan fingerprint density at radius 2 is 0.817 bits per heavy atom. The van der Waals surface area contributed by atoms with Gasteiger partial charge >= 0.3 is 0 Å². The van der Waals surface area contributed by atoms with Crippen LogP contribution in [0.1, 0.15) is 11.1 Å². The number of fused-ring (bicyclic) bond motifs is 10. The Hall–Kier alpha value is -7.54. The molecule has 0 fully saturated rings. The Balaban J connectivity index is 1.31. The molecule has 0 radical (unpaired) electrons. The maximum Gasteiger partial charge on any atom is -0.000697 e. The Labute approximate surface area is 348 Å². The molecule has 0 heterocycles. The first-order chi connectivity index (χ1) is 29.6. The summed E-state index contributed by atoms with van der Waals surface area (Å²) in [5.74, 6) is 0. The van der Waals surface area contributed by atoms with E-state index in [1.807, 2.05) is 0 Å². The topological polar surface area (TPSA) is 0 Å². The Morgan fingerprint density at radius 3 is 1.57 bits per heavy atom. The zero-order chi connectivity index (χ0) is 39.6. The lowest BCUT2D eigenvalue weighted by atomic mass is 9.84. The largest absolute Gasteiger partial charge is 0.0622 e. The highest BCUT2D eigenvalue weighted by Crippen LogP contribution is 2.56. The van der Waals surface area contributed by atoms with Gasteiger partial charge in [-0.3, -0.25) is 0 Å². The van der Waals surface area contributed by atoms with E-state index in [1.54, 1.807) is 0 Å². The predicted octanol–water partition coefficient (Wildman–Crippen LogP) is 17.1. The second kappa shape index (κ2) is 12.5. The van der Waals surface area contributed by atoms with Crippen LogP contribution in [0.4, 0.5) is 0 Å². The smallest absolute Gasteiger partial charge is 0.000697 e. The first-order valence-corrected chi connectivity index (χ1v) is 21.1. The van der Waals surface area contributed by atoms with Gasteiger partial charge in [-0.2, -0.15) is 0 Å². The highest BCUT2D eigenvalue weighted by molar-refractivity contribution is 6.46. The lowest BCUT2D eigenvalue weighted by molar-refractivity contribution is 1.39. The summed E-state index contributed by atoms with van der Waals surface area (Å²) in [5.41, 5.74) is 12.8. The van der Waals surface area contributed by atoms with E-state index < -0.39 is 0 Å². The van der Waals surface area contributed by atoms with Crippen molar-refractivity contribution in [2.24, 2.45) is 0 Å². The summed E-state index contributed by atoms with van der Waals surface area (Å²) in [6.45, 7) is 4.52. The van der Waals surface area contributed by atoms with Crippen LogP contribution in [0, 0.1) is 13.8 Å². The van der Waals surface area contributed by atoms with E-state index in [0.717, 1.165) is 0 Å². The summed E-state index contributed by atoms with van der Waals surface area (Å²) < 4.78 is 0. The Kier molecular flexibility index (Phi) is 6.95. The molecule has 60 heavy (non-hydrogen) atoms. The first-order valence-electron chi connectivity index (χ1n) is 21.1. The number of aryl methyl sites for hydroxylation is 2. The highest BCUT2D eigenvalue weighted by Gasteiger charge is 2.28. The summed E-state index contributed by atoms with van der Waals surface area (Å²) in [6, 6.07) is 72.9. The van der Waals surface area contributed by atoms with Crippen LogP contribution in [-0.4, -0.2) is 0 Å². The van der Waals surface area contributed by atoms with Gasteiger partial charge in [-0.25, -0.2) is 0 Å². The lowest BCUT2D eigenvalue weighted by Crippen LogP contribution is -1.91. The molecule has 0 aliphatic heterocycles. The van der Waals surface area contributed by atoms with Gasteiger partial charge in [0.05, 0.1) is 0 Å². The molecule has 0 aliphatic carbocycles. The molecular formula is C60H38. The minimum absolute atomic E-state index is 1.24. The summed E-state index contributed by atoms with van der Waals surface area (Å²) in [7, 11) is 0. The second-order valence-electron chi connectivity index (χ2n) is 16.8. The number of benzene rings is 11. The van der Waals surface area contributed by atoms with E-state index in [4.69, 9.17) is 0 Å². The van der Waals surface area contributed by atoms with Crippen LogP contribution in [0.15, 0.2) is 194 Å². The molecule has 13 aromatic rings. The molecule has 0 aromatic heterocycles. The Bertz CT molecular complexity index is 3840. The van der Waals surface area contributed by atoms with Crippen LogP contribution in [0.2, 0.25) is 0 Å². The second-order valence-corrected chi connectivity index (χ2v) is 16.8. The van der Waals surface area contributed by atoms with E-state index in [1.165, 1.54) is 142 Å². The molecule has 0 N–H and O–H groups in total. The van der Waals surface area contributed by atoms with Crippen LogP contribution >= 0.6 is 0 Å². The summed E-state index contributed by atoms with van der Waals surface area (Å²) in [6.07, 6.45) is 0. The van der Waals surface area contributed by atoms with Gasteiger partial charge in [0.1, 0.15) is 0 Å². The highest BCUT2D eigenvalue weighted by atomic mass is 14.3. The van der Waals surface area contributed by atoms with Crippen molar-refractivity contribution in [2.45, 2.75) is 13.8 Å². The zero-order valence-corrected chi connectivity index (χ0v) is 33.5. The normalized spacial score (nSPS) is 12.2. The lowest BCUT2D eigenvalue weighted by Gasteiger charge is -2.19. The van der Waals surface area contributed by atoms with Crippen molar-refractivity contribution >= 4 is 86.2 Å². The average molecular weight is 759 g/mol. The fourth-order valence-electron chi connectivity index (χ4n) is 11.1. The monoisotopic (exact) mass is 758 g/mol. The van der Waals surface area contributed by atoms with E-state index in [9.17, 15) is 0 Å². The molecular weight excluding hydrogens is 721 g/mol. The fourth-order valence-corrected chi connectivity index (χ4v) is 11.1. The van der Waals surface area contributed by atoms with Crippen LogP contribution in [0.5, 0.6) is 0 Å². The molecule has 0 unspecified atom stereocenters. The van der Waals surface area contributed by atoms with Crippen molar-refractivity contribution < 1.29 is 0 Å². The molecule has 278 valence electrons. The van der Waals surface area contributed by atoms with E-state index in [-0.39, 0.29) is 0 Å².